The second-order valence-electron chi connectivity index (χ2n) is 4.69. The molecule has 1 aromatic rings. The zero-order valence-electron chi connectivity index (χ0n) is 11.4. The maximum absolute atomic E-state index is 5.92. The molecule has 0 saturated carbocycles. The van der Waals surface area contributed by atoms with Crippen LogP contribution in [0.5, 0.6) is 0 Å². The molecule has 0 atom stereocenters. The van der Waals surface area contributed by atoms with Crippen LogP contribution in [0.25, 0.3) is 0 Å². The standard InChI is InChI=1S/C12H20ClN5O/c1-3-14-11-15-10(13)16-12(17-11)18(2)8-9-4-6-19-7-5-9/h9H,3-8H2,1-2H3,(H,14,15,16,17). The summed E-state index contributed by atoms with van der Waals surface area (Å²) < 4.78 is 5.37. The van der Waals surface area contributed by atoms with Gasteiger partial charge in [-0.05, 0) is 37.3 Å². The number of nitrogens with zero attached hydrogens (tertiary/aromatic N) is 4. The first-order valence-electron chi connectivity index (χ1n) is 6.63. The van der Waals surface area contributed by atoms with Crippen molar-refractivity contribution in [1.29, 1.82) is 0 Å². The topological polar surface area (TPSA) is 63.2 Å². The minimum absolute atomic E-state index is 0.222. The molecule has 1 aliphatic heterocycles. The molecule has 0 spiro atoms. The van der Waals surface area contributed by atoms with E-state index in [2.05, 4.69) is 20.3 Å². The maximum atomic E-state index is 5.92. The fourth-order valence-electron chi connectivity index (χ4n) is 2.15. The number of ether oxygens (including phenoxy) is 1. The van der Waals surface area contributed by atoms with E-state index in [0.717, 1.165) is 39.1 Å². The van der Waals surface area contributed by atoms with E-state index >= 15 is 0 Å². The normalized spacial score (nSPS) is 16.4. The molecule has 0 aromatic carbocycles. The van der Waals surface area contributed by atoms with Gasteiger partial charge in [0.25, 0.3) is 0 Å². The van der Waals surface area contributed by atoms with Crippen LogP contribution in [0.2, 0.25) is 5.28 Å². The van der Waals surface area contributed by atoms with Crippen molar-refractivity contribution in [2.24, 2.45) is 5.92 Å². The van der Waals surface area contributed by atoms with E-state index in [0.29, 0.717) is 17.8 Å². The first-order valence-corrected chi connectivity index (χ1v) is 7.01. The lowest BCUT2D eigenvalue weighted by atomic mass is 10.0. The summed E-state index contributed by atoms with van der Waals surface area (Å²) in [5.41, 5.74) is 0. The van der Waals surface area contributed by atoms with Gasteiger partial charge < -0.3 is 15.0 Å². The van der Waals surface area contributed by atoms with E-state index in [1.165, 1.54) is 0 Å². The van der Waals surface area contributed by atoms with Crippen molar-refractivity contribution in [3.05, 3.63) is 5.28 Å². The Balaban J connectivity index is 2.02. The molecule has 0 bridgehead atoms. The van der Waals surface area contributed by atoms with E-state index in [-0.39, 0.29) is 5.28 Å². The largest absolute Gasteiger partial charge is 0.381 e. The highest BCUT2D eigenvalue weighted by molar-refractivity contribution is 6.28. The summed E-state index contributed by atoms with van der Waals surface area (Å²) in [6, 6.07) is 0. The van der Waals surface area contributed by atoms with Crippen LogP contribution in [0.3, 0.4) is 0 Å². The highest BCUT2D eigenvalue weighted by Crippen LogP contribution is 2.19. The van der Waals surface area contributed by atoms with E-state index in [4.69, 9.17) is 16.3 Å². The highest BCUT2D eigenvalue weighted by Gasteiger charge is 2.18. The van der Waals surface area contributed by atoms with Gasteiger partial charge in [0.05, 0.1) is 0 Å². The fraction of sp³-hybridized carbons (Fsp3) is 0.750. The lowest BCUT2D eigenvalue weighted by molar-refractivity contribution is 0.0684. The first kappa shape index (κ1) is 14.3. The SMILES string of the molecule is CCNc1nc(Cl)nc(N(C)CC2CCOCC2)n1. The van der Waals surface area contributed by atoms with Crippen molar-refractivity contribution in [1.82, 2.24) is 15.0 Å². The van der Waals surface area contributed by atoms with Crippen molar-refractivity contribution in [3.63, 3.8) is 0 Å². The third-order valence-electron chi connectivity index (χ3n) is 3.15. The van der Waals surface area contributed by atoms with Crippen LogP contribution in [0.1, 0.15) is 19.8 Å². The average Bonchev–Trinajstić information content (AvgIpc) is 2.39. The van der Waals surface area contributed by atoms with Crippen LogP contribution < -0.4 is 10.2 Å². The van der Waals surface area contributed by atoms with Gasteiger partial charge in [0, 0.05) is 33.4 Å². The molecule has 2 rings (SSSR count). The van der Waals surface area contributed by atoms with E-state index in [1.54, 1.807) is 0 Å². The van der Waals surface area contributed by atoms with Gasteiger partial charge >= 0.3 is 0 Å². The Morgan fingerprint density at radius 1 is 1.32 bits per heavy atom. The summed E-state index contributed by atoms with van der Waals surface area (Å²) >= 11 is 5.92. The van der Waals surface area contributed by atoms with Gasteiger partial charge in [-0.15, -0.1) is 0 Å². The smallest absolute Gasteiger partial charge is 0.231 e. The first-order chi connectivity index (χ1) is 9.19. The van der Waals surface area contributed by atoms with E-state index in [9.17, 15) is 0 Å². The van der Waals surface area contributed by atoms with Crippen LogP contribution in [0.15, 0.2) is 0 Å². The average molecular weight is 286 g/mol. The van der Waals surface area contributed by atoms with Crippen LogP contribution in [-0.4, -0.2) is 48.3 Å². The minimum atomic E-state index is 0.222. The molecule has 106 valence electrons. The van der Waals surface area contributed by atoms with Gasteiger partial charge in [-0.3, -0.25) is 0 Å². The van der Waals surface area contributed by atoms with Gasteiger partial charge in [-0.2, -0.15) is 15.0 Å². The maximum Gasteiger partial charge on any atom is 0.231 e. The van der Waals surface area contributed by atoms with Gasteiger partial charge in [0.1, 0.15) is 0 Å². The van der Waals surface area contributed by atoms with Crippen molar-refractivity contribution < 1.29 is 4.74 Å². The van der Waals surface area contributed by atoms with Crippen molar-refractivity contribution in [2.45, 2.75) is 19.8 Å². The lowest BCUT2D eigenvalue weighted by Gasteiger charge is -2.27. The van der Waals surface area contributed by atoms with Gasteiger partial charge in [0.15, 0.2) is 0 Å². The molecule has 1 fully saturated rings. The number of hydrogen-bond acceptors (Lipinski definition) is 6. The Morgan fingerprint density at radius 3 is 2.74 bits per heavy atom. The van der Waals surface area contributed by atoms with Crippen LogP contribution in [0.4, 0.5) is 11.9 Å². The van der Waals surface area contributed by atoms with Crippen molar-refractivity contribution in [3.8, 4) is 0 Å². The number of hydrogen-bond donors (Lipinski definition) is 1. The number of anilines is 2. The molecule has 1 aromatic heterocycles. The summed E-state index contributed by atoms with van der Waals surface area (Å²) in [5.74, 6) is 1.76. The zero-order chi connectivity index (χ0) is 13.7. The molecular weight excluding hydrogens is 266 g/mol. The van der Waals surface area contributed by atoms with Crippen LogP contribution in [0, 0.1) is 5.92 Å². The molecular formula is C12H20ClN5O. The lowest BCUT2D eigenvalue weighted by Crippen LogP contribution is -2.31. The second kappa shape index (κ2) is 6.86. The summed E-state index contributed by atoms with van der Waals surface area (Å²) in [6.45, 7) is 5.35. The van der Waals surface area contributed by atoms with Crippen LogP contribution in [-0.2, 0) is 4.74 Å². The molecule has 19 heavy (non-hydrogen) atoms. The summed E-state index contributed by atoms with van der Waals surface area (Å²) in [4.78, 5) is 14.6. The van der Waals surface area contributed by atoms with Crippen molar-refractivity contribution in [2.75, 3.05) is 43.6 Å². The van der Waals surface area contributed by atoms with Gasteiger partial charge in [0.2, 0.25) is 17.2 Å². The minimum Gasteiger partial charge on any atom is -0.381 e. The third-order valence-corrected chi connectivity index (χ3v) is 3.31. The quantitative estimate of drug-likeness (QED) is 0.890. The predicted molar refractivity (Wildman–Crippen MR) is 75.8 cm³/mol. The Bertz CT molecular complexity index is 411. The Kier molecular flexibility index (Phi) is 5.15. The summed E-state index contributed by atoms with van der Waals surface area (Å²) in [5, 5.41) is 3.28. The molecule has 6 nitrogen and oxygen atoms in total. The highest BCUT2D eigenvalue weighted by atomic mass is 35.5. The summed E-state index contributed by atoms with van der Waals surface area (Å²) in [7, 11) is 1.98. The molecule has 0 unspecified atom stereocenters. The van der Waals surface area contributed by atoms with Crippen LogP contribution >= 0.6 is 11.6 Å². The Labute approximate surface area is 118 Å². The Morgan fingerprint density at radius 2 is 2.05 bits per heavy atom. The van der Waals surface area contributed by atoms with E-state index < -0.39 is 0 Å². The van der Waals surface area contributed by atoms with Gasteiger partial charge in [-0.25, -0.2) is 0 Å². The number of nitrogens with one attached hydrogen (secondary N) is 1. The zero-order valence-corrected chi connectivity index (χ0v) is 12.2. The number of aromatic nitrogens is 3. The monoisotopic (exact) mass is 285 g/mol. The fourth-order valence-corrected chi connectivity index (χ4v) is 2.30. The molecule has 0 aliphatic carbocycles. The molecule has 7 heteroatoms. The van der Waals surface area contributed by atoms with E-state index in [1.807, 2.05) is 18.9 Å². The second-order valence-corrected chi connectivity index (χ2v) is 5.03. The van der Waals surface area contributed by atoms with Gasteiger partial charge in [-0.1, -0.05) is 0 Å². The molecule has 2 heterocycles. The predicted octanol–water partition coefficient (Wildman–Crippen LogP) is 1.82. The summed E-state index contributed by atoms with van der Waals surface area (Å²) in [6.07, 6.45) is 2.17. The molecule has 1 N–H and O–H groups in total. The molecule has 1 saturated heterocycles. The van der Waals surface area contributed by atoms with Crippen molar-refractivity contribution >= 4 is 23.5 Å². The number of halogens is 1. The Hall–Kier alpha value is -1.14. The molecule has 0 amide bonds. The third kappa shape index (κ3) is 4.18. The molecule has 0 radical (unpaired) electrons. The number of rotatable bonds is 5. The molecule has 1 aliphatic rings.